The third-order valence-electron chi connectivity index (χ3n) is 5.60. The van der Waals surface area contributed by atoms with E-state index < -0.39 is 15.7 Å². The third-order valence-corrected chi connectivity index (χ3v) is 8.25. The summed E-state index contributed by atoms with van der Waals surface area (Å²) in [7, 11) is -1.65. The number of sulfone groups is 1. The molecule has 186 valence electrons. The van der Waals surface area contributed by atoms with Crippen LogP contribution in [-0.4, -0.2) is 41.7 Å². The number of likely N-dealkylation sites (N-methyl/N-ethyl adjacent to an activating group) is 1. The summed E-state index contributed by atoms with van der Waals surface area (Å²) < 4.78 is 31.6. The number of nitrogens with one attached hydrogen (secondary N) is 1. The van der Waals surface area contributed by atoms with Crippen LogP contribution in [0.2, 0.25) is 0 Å². The number of hydrogen-bond acceptors (Lipinski definition) is 8. The number of anilines is 1. The fourth-order valence-corrected chi connectivity index (χ4v) is 6.14. The van der Waals surface area contributed by atoms with Crippen LogP contribution in [0.4, 0.5) is 5.82 Å². The van der Waals surface area contributed by atoms with E-state index in [1.807, 2.05) is 12.1 Å². The van der Waals surface area contributed by atoms with E-state index >= 15 is 0 Å². The van der Waals surface area contributed by atoms with E-state index in [0.29, 0.717) is 12.0 Å². The number of aromatic nitrogens is 1. The second-order valence-corrected chi connectivity index (χ2v) is 11.8. The van der Waals surface area contributed by atoms with Crippen molar-refractivity contribution in [2.45, 2.75) is 68.9 Å². The molecule has 0 unspecified atom stereocenters. The summed E-state index contributed by atoms with van der Waals surface area (Å²) in [6, 6.07) is 8.65. The zero-order chi connectivity index (χ0) is 24.6. The van der Waals surface area contributed by atoms with Crippen LogP contribution in [0.15, 0.2) is 45.4 Å². The Labute approximate surface area is 205 Å². The Hall–Kier alpha value is -2.46. The Morgan fingerprint density at radius 1 is 1.12 bits per heavy atom. The molecule has 0 saturated heterocycles. The van der Waals surface area contributed by atoms with E-state index in [1.54, 1.807) is 23.5 Å². The van der Waals surface area contributed by atoms with Gasteiger partial charge in [0.1, 0.15) is 5.75 Å². The summed E-state index contributed by atoms with van der Waals surface area (Å²) in [5, 5.41) is 17.0. The van der Waals surface area contributed by atoms with Gasteiger partial charge in [-0.1, -0.05) is 69.2 Å². The molecule has 0 atom stereocenters. The molecule has 1 aliphatic rings. The topological polar surface area (TPSA) is 113 Å². The largest absolute Gasteiger partial charge is 0.505 e. The van der Waals surface area contributed by atoms with Gasteiger partial charge in [-0.15, -0.1) is 0 Å². The van der Waals surface area contributed by atoms with Gasteiger partial charge in [0.15, 0.2) is 32.9 Å². The van der Waals surface area contributed by atoms with Crippen LogP contribution < -0.4 is 5.32 Å². The molecule has 1 aromatic carbocycles. The predicted molar refractivity (Wildman–Crippen MR) is 135 cm³/mol. The van der Waals surface area contributed by atoms with E-state index in [9.17, 15) is 18.3 Å². The van der Waals surface area contributed by atoms with Crippen LogP contribution in [0, 0.1) is 0 Å². The van der Waals surface area contributed by atoms with Crippen LogP contribution in [0.25, 0.3) is 5.76 Å². The first-order chi connectivity index (χ1) is 16.3. The van der Waals surface area contributed by atoms with Crippen molar-refractivity contribution in [1.29, 1.82) is 0 Å². The number of aliphatic hydroxyl groups is 1. The molecular weight excluding hydrogens is 474 g/mol. The molecular formula is C24H33N3O5S2. The number of unbranched alkanes of at least 4 members (excludes halogenated alkanes) is 7. The minimum atomic E-state index is -3.33. The standard InChI is InChI=1S/C24H33N3O5S2/c1-3-4-5-6-7-8-9-12-15-34(30,31)17-18-16-21(26-32-18)25-24(29)22-23(28)19-13-10-11-14-20(19)33-27(22)2/h10-11,13-14,16,28H,3-9,12,15,17H2,1-2H3,(H,25,26,29). The molecule has 0 aliphatic carbocycles. The lowest BCUT2D eigenvalue weighted by Crippen LogP contribution is -2.27. The van der Waals surface area contributed by atoms with Crippen molar-refractivity contribution in [1.82, 2.24) is 9.46 Å². The van der Waals surface area contributed by atoms with Gasteiger partial charge in [0.25, 0.3) is 5.91 Å². The second kappa shape index (κ2) is 12.3. The van der Waals surface area contributed by atoms with Gasteiger partial charge in [-0.25, -0.2) is 8.42 Å². The van der Waals surface area contributed by atoms with Gasteiger partial charge in [0.2, 0.25) is 0 Å². The summed E-state index contributed by atoms with van der Waals surface area (Å²) in [6.07, 6.45) is 8.67. The van der Waals surface area contributed by atoms with Gasteiger partial charge < -0.3 is 19.3 Å². The summed E-state index contributed by atoms with van der Waals surface area (Å²) in [6.45, 7) is 2.19. The number of carbonyl (C=O) groups is 1. The molecule has 1 aromatic heterocycles. The number of benzene rings is 1. The summed E-state index contributed by atoms with van der Waals surface area (Å²) in [5.41, 5.74) is 0.652. The SMILES string of the molecule is CCCCCCCCCCS(=O)(=O)Cc1cc(NC(=O)C2=C(O)c3ccccc3SN2C)no1. The van der Waals surface area contributed by atoms with Gasteiger partial charge in [-0.3, -0.25) is 4.79 Å². The van der Waals surface area contributed by atoms with Crippen LogP contribution >= 0.6 is 11.9 Å². The predicted octanol–water partition coefficient (Wildman–Crippen LogP) is 5.55. The molecule has 2 aromatic rings. The van der Waals surface area contributed by atoms with E-state index in [4.69, 9.17) is 4.52 Å². The van der Waals surface area contributed by atoms with E-state index in [2.05, 4.69) is 17.4 Å². The molecule has 0 radical (unpaired) electrons. The molecule has 0 fully saturated rings. The normalized spacial score (nSPS) is 13.8. The van der Waals surface area contributed by atoms with Gasteiger partial charge in [0.05, 0.1) is 5.75 Å². The Morgan fingerprint density at radius 2 is 1.79 bits per heavy atom. The molecule has 2 heterocycles. The Morgan fingerprint density at radius 3 is 2.53 bits per heavy atom. The van der Waals surface area contributed by atoms with Crippen molar-refractivity contribution in [3.8, 4) is 0 Å². The minimum Gasteiger partial charge on any atom is -0.505 e. The van der Waals surface area contributed by atoms with Crippen molar-refractivity contribution in [3.05, 3.63) is 47.4 Å². The van der Waals surface area contributed by atoms with Crippen LogP contribution in [0.5, 0.6) is 0 Å². The smallest absolute Gasteiger partial charge is 0.277 e. The van der Waals surface area contributed by atoms with Crippen molar-refractivity contribution >= 4 is 39.3 Å². The molecule has 0 spiro atoms. The van der Waals surface area contributed by atoms with Crippen LogP contribution in [0.3, 0.4) is 0 Å². The van der Waals surface area contributed by atoms with Gasteiger partial charge in [-0.2, -0.15) is 0 Å². The number of hydrogen-bond donors (Lipinski definition) is 2. The quantitative estimate of drug-likeness (QED) is 0.268. The molecule has 2 N–H and O–H groups in total. The highest BCUT2D eigenvalue weighted by molar-refractivity contribution is 7.97. The average molecular weight is 508 g/mol. The van der Waals surface area contributed by atoms with Crippen molar-refractivity contribution in [3.63, 3.8) is 0 Å². The first-order valence-corrected chi connectivity index (χ1v) is 14.3. The van der Waals surface area contributed by atoms with Gasteiger partial charge >= 0.3 is 0 Å². The molecule has 1 aliphatic heterocycles. The number of rotatable bonds is 13. The molecule has 0 saturated carbocycles. The second-order valence-electron chi connectivity index (χ2n) is 8.48. The summed E-state index contributed by atoms with van der Waals surface area (Å²) >= 11 is 1.32. The van der Waals surface area contributed by atoms with Gasteiger partial charge in [0, 0.05) is 23.6 Å². The lowest BCUT2D eigenvalue weighted by atomic mass is 10.1. The highest BCUT2D eigenvalue weighted by Crippen LogP contribution is 2.38. The maximum atomic E-state index is 12.8. The molecule has 34 heavy (non-hydrogen) atoms. The molecule has 0 bridgehead atoms. The van der Waals surface area contributed by atoms with Crippen molar-refractivity contribution in [2.24, 2.45) is 0 Å². The number of carbonyl (C=O) groups excluding carboxylic acids is 1. The fraction of sp³-hybridized carbons (Fsp3) is 0.500. The Bertz CT molecular complexity index is 1110. The Balaban J connectivity index is 1.51. The van der Waals surface area contributed by atoms with Crippen molar-refractivity contribution in [2.75, 3.05) is 18.1 Å². The maximum Gasteiger partial charge on any atom is 0.277 e. The summed E-state index contributed by atoms with van der Waals surface area (Å²) in [4.78, 5) is 13.6. The van der Waals surface area contributed by atoms with E-state index in [1.165, 1.54) is 43.7 Å². The first kappa shape index (κ1) is 26.2. The molecule has 10 heteroatoms. The molecule has 1 amide bonds. The van der Waals surface area contributed by atoms with E-state index in [0.717, 1.165) is 24.2 Å². The number of aliphatic hydroxyl groups excluding tert-OH is 1. The highest BCUT2D eigenvalue weighted by atomic mass is 32.2. The Kier molecular flexibility index (Phi) is 9.46. The zero-order valence-electron chi connectivity index (χ0n) is 19.7. The highest BCUT2D eigenvalue weighted by Gasteiger charge is 2.29. The average Bonchev–Trinajstić information content (AvgIpc) is 3.21. The lowest BCUT2D eigenvalue weighted by Gasteiger charge is -2.27. The van der Waals surface area contributed by atoms with Crippen LogP contribution in [-0.2, 0) is 20.4 Å². The maximum absolute atomic E-state index is 12.8. The third kappa shape index (κ3) is 7.27. The van der Waals surface area contributed by atoms with E-state index in [-0.39, 0.29) is 34.5 Å². The minimum absolute atomic E-state index is 0.0792. The number of amides is 1. The van der Waals surface area contributed by atoms with Crippen molar-refractivity contribution < 1.29 is 22.8 Å². The fourth-order valence-electron chi connectivity index (χ4n) is 3.82. The molecule has 3 rings (SSSR count). The molecule has 8 nitrogen and oxygen atoms in total. The number of nitrogens with zero attached hydrogens (tertiary/aromatic N) is 2. The zero-order valence-corrected chi connectivity index (χ0v) is 21.4. The first-order valence-electron chi connectivity index (χ1n) is 11.7. The summed E-state index contributed by atoms with van der Waals surface area (Å²) in [5.74, 6) is -0.588. The number of fused-ring (bicyclic) bond motifs is 1. The monoisotopic (exact) mass is 507 g/mol. The lowest BCUT2D eigenvalue weighted by molar-refractivity contribution is -0.113. The van der Waals surface area contributed by atoms with Crippen LogP contribution in [0.1, 0.15) is 69.6 Å². The van der Waals surface area contributed by atoms with Gasteiger partial charge in [-0.05, 0) is 30.5 Å².